The molecule has 0 aliphatic carbocycles. The lowest BCUT2D eigenvalue weighted by Gasteiger charge is -2.34. The predicted molar refractivity (Wildman–Crippen MR) is 84.5 cm³/mol. The first-order valence-electron chi connectivity index (χ1n) is 7.44. The molecule has 8 heteroatoms. The van der Waals surface area contributed by atoms with Gasteiger partial charge in [-0.25, -0.2) is 4.68 Å². The summed E-state index contributed by atoms with van der Waals surface area (Å²) in [4.78, 5) is 14.5. The van der Waals surface area contributed by atoms with E-state index < -0.39 is 5.60 Å². The summed E-state index contributed by atoms with van der Waals surface area (Å²) in [5.74, 6) is -0.164. The van der Waals surface area contributed by atoms with E-state index in [9.17, 15) is 9.90 Å². The Labute approximate surface area is 138 Å². The highest BCUT2D eigenvalue weighted by Gasteiger charge is 2.39. The third-order valence-electron chi connectivity index (χ3n) is 4.13. The topological polar surface area (TPSA) is 84.1 Å². The van der Waals surface area contributed by atoms with Crippen LogP contribution in [0, 0.1) is 0 Å². The van der Waals surface area contributed by atoms with Crippen molar-refractivity contribution in [1.29, 1.82) is 0 Å². The molecule has 1 aromatic carbocycles. The van der Waals surface area contributed by atoms with Crippen LogP contribution in [-0.2, 0) is 0 Å². The highest BCUT2D eigenvalue weighted by Crippen LogP contribution is 2.30. The number of tetrazole rings is 1. The molecule has 1 atom stereocenters. The van der Waals surface area contributed by atoms with Gasteiger partial charge in [-0.15, -0.1) is 5.10 Å². The van der Waals surface area contributed by atoms with Crippen LogP contribution in [0.1, 0.15) is 37.0 Å². The van der Waals surface area contributed by atoms with Crippen LogP contribution in [0.5, 0.6) is 0 Å². The Balaban J connectivity index is 1.88. The minimum atomic E-state index is -0.940. The number of benzene rings is 1. The number of hydrogen-bond acceptors (Lipinski definition) is 5. The van der Waals surface area contributed by atoms with Crippen LogP contribution < -0.4 is 0 Å². The summed E-state index contributed by atoms with van der Waals surface area (Å²) in [6, 6.07) is 4.86. The molecule has 2 heterocycles. The number of carbonyl (C=O) groups is 1. The summed E-state index contributed by atoms with van der Waals surface area (Å²) in [5.41, 5.74) is 0.155. The van der Waals surface area contributed by atoms with Crippen LogP contribution in [0.15, 0.2) is 24.5 Å². The van der Waals surface area contributed by atoms with Gasteiger partial charge in [-0.1, -0.05) is 11.6 Å². The lowest BCUT2D eigenvalue weighted by atomic mass is 9.96. The van der Waals surface area contributed by atoms with Crippen LogP contribution in [0.4, 0.5) is 0 Å². The van der Waals surface area contributed by atoms with Crippen molar-refractivity contribution in [2.75, 3.05) is 6.54 Å². The largest absolute Gasteiger partial charge is 0.388 e. The van der Waals surface area contributed by atoms with E-state index in [4.69, 9.17) is 11.6 Å². The monoisotopic (exact) mass is 335 g/mol. The molecule has 1 saturated heterocycles. The normalized spacial score (nSPS) is 18.4. The zero-order chi connectivity index (χ0) is 16.6. The molecular weight excluding hydrogens is 318 g/mol. The minimum Gasteiger partial charge on any atom is -0.388 e. The van der Waals surface area contributed by atoms with Gasteiger partial charge in [0, 0.05) is 6.54 Å². The fourth-order valence-corrected chi connectivity index (χ4v) is 3.25. The standard InChI is InChI=1S/C15H18ClN5O2/c1-15(2,23)13-4-3-7-20(13)14(22)11-6-5-10(8-12(11)16)21-9-17-18-19-21/h5-6,8-9,13,23H,3-4,7H2,1-2H3. The third-order valence-corrected chi connectivity index (χ3v) is 4.44. The summed E-state index contributed by atoms with van der Waals surface area (Å²) in [7, 11) is 0. The number of amides is 1. The van der Waals surface area contributed by atoms with Crippen molar-refractivity contribution in [2.45, 2.75) is 38.3 Å². The third kappa shape index (κ3) is 3.07. The number of hydrogen-bond donors (Lipinski definition) is 1. The minimum absolute atomic E-state index is 0.164. The maximum atomic E-state index is 12.8. The number of carbonyl (C=O) groups excluding carboxylic acids is 1. The SMILES string of the molecule is CC(C)(O)C1CCCN1C(=O)c1ccc(-n2cnnn2)cc1Cl. The fraction of sp³-hybridized carbons (Fsp3) is 0.467. The molecule has 0 spiro atoms. The number of likely N-dealkylation sites (tertiary alicyclic amines) is 1. The number of aromatic nitrogens is 4. The summed E-state index contributed by atoms with van der Waals surface area (Å²) in [5, 5.41) is 21.5. The smallest absolute Gasteiger partial charge is 0.255 e. The molecule has 1 amide bonds. The second-order valence-electron chi connectivity index (χ2n) is 6.23. The van der Waals surface area contributed by atoms with Crippen molar-refractivity contribution >= 4 is 17.5 Å². The van der Waals surface area contributed by atoms with Gasteiger partial charge in [0.05, 0.1) is 27.9 Å². The molecule has 1 N–H and O–H groups in total. The quantitative estimate of drug-likeness (QED) is 0.922. The van der Waals surface area contributed by atoms with Crippen LogP contribution in [0.25, 0.3) is 5.69 Å². The maximum Gasteiger partial charge on any atom is 0.255 e. The van der Waals surface area contributed by atoms with Crippen molar-refractivity contribution in [1.82, 2.24) is 25.1 Å². The highest BCUT2D eigenvalue weighted by atomic mass is 35.5. The number of aliphatic hydroxyl groups is 1. The van der Waals surface area contributed by atoms with E-state index >= 15 is 0 Å². The zero-order valence-electron chi connectivity index (χ0n) is 13.0. The van der Waals surface area contributed by atoms with E-state index in [-0.39, 0.29) is 11.9 Å². The Bertz CT molecular complexity index is 711. The predicted octanol–water partition coefficient (Wildman–Crippen LogP) is 1.69. The van der Waals surface area contributed by atoms with Gasteiger partial charge in [0.15, 0.2) is 0 Å². The summed E-state index contributed by atoms with van der Waals surface area (Å²) in [6.45, 7) is 4.08. The van der Waals surface area contributed by atoms with E-state index in [1.165, 1.54) is 11.0 Å². The van der Waals surface area contributed by atoms with Crippen LogP contribution in [0.2, 0.25) is 5.02 Å². The zero-order valence-corrected chi connectivity index (χ0v) is 13.7. The molecule has 1 unspecified atom stereocenters. The molecule has 0 bridgehead atoms. The molecule has 122 valence electrons. The first-order valence-corrected chi connectivity index (χ1v) is 7.82. The molecule has 1 aliphatic heterocycles. The average Bonchev–Trinajstić information content (AvgIpc) is 3.17. The molecule has 1 aromatic heterocycles. The van der Waals surface area contributed by atoms with Gasteiger partial charge >= 0.3 is 0 Å². The Morgan fingerprint density at radius 1 is 1.43 bits per heavy atom. The number of rotatable bonds is 3. The summed E-state index contributed by atoms with van der Waals surface area (Å²) < 4.78 is 1.47. The number of halogens is 1. The van der Waals surface area contributed by atoms with Gasteiger partial charge in [-0.2, -0.15) is 0 Å². The second kappa shape index (κ2) is 5.90. The molecule has 3 rings (SSSR count). The fourth-order valence-electron chi connectivity index (χ4n) is 3.00. The summed E-state index contributed by atoms with van der Waals surface area (Å²) >= 11 is 6.29. The van der Waals surface area contributed by atoms with Crippen LogP contribution in [0.3, 0.4) is 0 Å². The van der Waals surface area contributed by atoms with Gasteiger partial charge < -0.3 is 10.0 Å². The molecule has 1 fully saturated rings. The number of nitrogens with zero attached hydrogens (tertiary/aromatic N) is 5. The molecule has 1 aliphatic rings. The van der Waals surface area contributed by atoms with E-state index in [0.29, 0.717) is 22.8 Å². The lowest BCUT2D eigenvalue weighted by molar-refractivity contribution is 0.000340. The van der Waals surface area contributed by atoms with E-state index in [1.807, 2.05) is 0 Å². The van der Waals surface area contributed by atoms with Gasteiger partial charge in [0.2, 0.25) is 0 Å². The first-order chi connectivity index (χ1) is 10.9. The molecule has 2 aromatic rings. The molecular formula is C15H18ClN5O2. The van der Waals surface area contributed by atoms with Gasteiger partial charge in [-0.05, 0) is 55.3 Å². The van der Waals surface area contributed by atoms with E-state index in [2.05, 4.69) is 15.5 Å². The van der Waals surface area contributed by atoms with Crippen molar-refractivity contribution < 1.29 is 9.90 Å². The summed E-state index contributed by atoms with van der Waals surface area (Å²) in [6.07, 6.45) is 3.12. The van der Waals surface area contributed by atoms with Gasteiger partial charge in [-0.3, -0.25) is 4.79 Å². The Hall–Kier alpha value is -1.99. The maximum absolute atomic E-state index is 12.8. The van der Waals surface area contributed by atoms with Crippen LogP contribution in [-0.4, -0.2) is 54.3 Å². The highest BCUT2D eigenvalue weighted by molar-refractivity contribution is 6.34. The van der Waals surface area contributed by atoms with Gasteiger partial charge in [0.25, 0.3) is 5.91 Å². The second-order valence-corrected chi connectivity index (χ2v) is 6.64. The molecule has 23 heavy (non-hydrogen) atoms. The Kier molecular flexibility index (Phi) is 4.08. The average molecular weight is 336 g/mol. The van der Waals surface area contributed by atoms with Crippen molar-refractivity contribution in [2.24, 2.45) is 0 Å². The Morgan fingerprint density at radius 3 is 2.83 bits per heavy atom. The van der Waals surface area contributed by atoms with Crippen molar-refractivity contribution in [3.05, 3.63) is 35.1 Å². The van der Waals surface area contributed by atoms with Crippen LogP contribution >= 0.6 is 11.6 Å². The Morgan fingerprint density at radius 2 is 2.22 bits per heavy atom. The van der Waals surface area contributed by atoms with E-state index in [1.54, 1.807) is 36.9 Å². The first kappa shape index (κ1) is 15.9. The molecule has 0 radical (unpaired) electrons. The van der Waals surface area contributed by atoms with Crippen molar-refractivity contribution in [3.8, 4) is 5.69 Å². The van der Waals surface area contributed by atoms with Gasteiger partial charge in [0.1, 0.15) is 6.33 Å². The molecule has 0 saturated carbocycles. The van der Waals surface area contributed by atoms with E-state index in [0.717, 1.165) is 12.8 Å². The lowest BCUT2D eigenvalue weighted by Crippen LogP contribution is -2.48. The van der Waals surface area contributed by atoms with Crippen molar-refractivity contribution in [3.63, 3.8) is 0 Å². The molecule has 7 nitrogen and oxygen atoms in total.